The number of hydrogen-bond donors (Lipinski definition) is 4. The van der Waals surface area contributed by atoms with Crippen molar-refractivity contribution in [2.75, 3.05) is 13.2 Å². The van der Waals surface area contributed by atoms with Crippen molar-refractivity contribution in [1.82, 2.24) is 4.98 Å². The van der Waals surface area contributed by atoms with Crippen LogP contribution in [0.2, 0.25) is 5.02 Å². The SMILES string of the molecule is OC[C@]1(O)C[C@H](COc2ccc(-c3cc(COc4cc5c(cn4)[C@H]4[C@@H](C5)[C@@H]4C(O)O)c(F)cc3F)c(Cl)c2)C1. The molecule has 1 heterocycles. The summed E-state index contributed by atoms with van der Waals surface area (Å²) in [5, 5.41) is 38.2. The van der Waals surface area contributed by atoms with Gasteiger partial charge in [0.1, 0.15) is 24.0 Å². The minimum absolute atomic E-state index is 0.102. The van der Waals surface area contributed by atoms with Gasteiger partial charge in [-0.15, -0.1) is 0 Å². The number of halogens is 3. The molecule has 0 saturated heterocycles. The van der Waals surface area contributed by atoms with E-state index in [2.05, 4.69) is 4.98 Å². The molecule has 39 heavy (non-hydrogen) atoms. The summed E-state index contributed by atoms with van der Waals surface area (Å²) in [5.41, 5.74) is 1.62. The van der Waals surface area contributed by atoms with Crippen molar-refractivity contribution in [2.24, 2.45) is 17.8 Å². The Kier molecular flexibility index (Phi) is 6.76. The van der Waals surface area contributed by atoms with Crippen LogP contribution in [0, 0.1) is 29.4 Å². The second-order valence-electron chi connectivity index (χ2n) is 10.9. The van der Waals surface area contributed by atoms with Gasteiger partial charge in [-0.25, -0.2) is 13.8 Å². The Morgan fingerprint density at radius 3 is 2.56 bits per heavy atom. The monoisotopic (exact) mass is 559 g/mol. The number of aliphatic hydroxyl groups excluding tert-OH is 2. The van der Waals surface area contributed by atoms with E-state index in [1.54, 1.807) is 30.5 Å². The van der Waals surface area contributed by atoms with Gasteiger partial charge in [0, 0.05) is 40.9 Å². The lowest BCUT2D eigenvalue weighted by Crippen LogP contribution is -2.48. The van der Waals surface area contributed by atoms with Gasteiger partial charge in [-0.1, -0.05) is 11.6 Å². The van der Waals surface area contributed by atoms with E-state index in [1.165, 1.54) is 6.07 Å². The highest BCUT2D eigenvalue weighted by molar-refractivity contribution is 6.33. The Balaban J connectivity index is 1.12. The van der Waals surface area contributed by atoms with Crippen LogP contribution >= 0.6 is 11.6 Å². The van der Waals surface area contributed by atoms with Gasteiger partial charge in [0.15, 0.2) is 6.29 Å². The Morgan fingerprint density at radius 2 is 1.85 bits per heavy atom. The number of pyridine rings is 1. The summed E-state index contributed by atoms with van der Waals surface area (Å²) >= 11 is 6.45. The smallest absolute Gasteiger partial charge is 0.213 e. The first-order chi connectivity index (χ1) is 18.7. The van der Waals surface area contributed by atoms with Crippen molar-refractivity contribution >= 4 is 11.6 Å². The van der Waals surface area contributed by atoms with Gasteiger partial charge in [0.05, 0.1) is 23.8 Å². The highest BCUT2D eigenvalue weighted by Gasteiger charge is 2.58. The molecule has 0 bridgehead atoms. The van der Waals surface area contributed by atoms with Gasteiger partial charge in [-0.2, -0.15) is 0 Å². The third-order valence-electron chi connectivity index (χ3n) is 8.25. The third kappa shape index (κ3) is 4.98. The average molecular weight is 560 g/mol. The molecule has 0 unspecified atom stereocenters. The molecule has 0 spiro atoms. The lowest BCUT2D eigenvalue weighted by molar-refractivity contribution is -0.115. The van der Waals surface area contributed by atoms with Crippen LogP contribution in [-0.4, -0.2) is 50.5 Å². The number of aromatic nitrogens is 1. The normalized spacial score (nSPS) is 26.7. The van der Waals surface area contributed by atoms with Crippen molar-refractivity contribution in [3.63, 3.8) is 0 Å². The van der Waals surface area contributed by atoms with Crippen LogP contribution in [0.4, 0.5) is 8.78 Å². The van der Waals surface area contributed by atoms with E-state index in [0.29, 0.717) is 43.1 Å². The first-order valence-electron chi connectivity index (χ1n) is 12.9. The minimum Gasteiger partial charge on any atom is -0.493 e. The van der Waals surface area contributed by atoms with E-state index < -0.39 is 23.5 Å². The first kappa shape index (κ1) is 26.4. The average Bonchev–Trinajstić information content (AvgIpc) is 3.48. The fourth-order valence-electron chi connectivity index (χ4n) is 6.15. The summed E-state index contributed by atoms with van der Waals surface area (Å²) < 4.78 is 40.9. The van der Waals surface area contributed by atoms with Crippen LogP contribution in [-0.2, 0) is 13.0 Å². The first-order valence-corrected chi connectivity index (χ1v) is 13.3. The van der Waals surface area contributed by atoms with Crippen molar-refractivity contribution in [2.45, 2.75) is 43.7 Å². The summed E-state index contributed by atoms with van der Waals surface area (Å²) in [4.78, 5) is 4.30. The van der Waals surface area contributed by atoms with Crippen molar-refractivity contribution in [3.8, 4) is 22.8 Å². The molecule has 3 aliphatic rings. The molecule has 4 N–H and O–H groups in total. The fraction of sp³-hybridized carbons (Fsp3) is 0.414. The molecule has 3 aromatic rings. The van der Waals surface area contributed by atoms with Crippen LogP contribution < -0.4 is 9.47 Å². The topological polar surface area (TPSA) is 112 Å². The molecule has 2 fully saturated rings. The zero-order valence-corrected chi connectivity index (χ0v) is 21.6. The number of benzene rings is 2. The molecular weight excluding hydrogens is 532 g/mol. The van der Waals surface area contributed by atoms with Gasteiger partial charge in [-0.3, -0.25) is 0 Å². The molecule has 6 rings (SSSR count). The van der Waals surface area contributed by atoms with Crippen LogP contribution in [0.15, 0.2) is 42.6 Å². The van der Waals surface area contributed by atoms with Crippen LogP contribution in [0.25, 0.3) is 11.1 Å². The van der Waals surface area contributed by atoms with Crippen molar-refractivity contribution < 1.29 is 38.7 Å². The molecule has 0 amide bonds. The molecular formula is C29H28ClF2NO6. The van der Waals surface area contributed by atoms with Crippen LogP contribution in [0.5, 0.6) is 11.6 Å². The van der Waals surface area contributed by atoms with Gasteiger partial charge in [0.2, 0.25) is 5.88 Å². The molecule has 3 atom stereocenters. The van der Waals surface area contributed by atoms with Crippen LogP contribution in [0.1, 0.15) is 35.4 Å². The maximum atomic E-state index is 14.8. The number of aliphatic hydroxyl groups is 4. The predicted octanol–water partition coefficient (Wildman–Crippen LogP) is 3.97. The van der Waals surface area contributed by atoms with E-state index in [0.717, 1.165) is 17.2 Å². The fourth-order valence-corrected chi connectivity index (χ4v) is 6.42. The second kappa shape index (κ2) is 9.98. The Hall–Kier alpha value is -2.82. The molecule has 7 nitrogen and oxygen atoms in total. The lowest BCUT2D eigenvalue weighted by atomic mass is 9.72. The Bertz CT molecular complexity index is 1410. The van der Waals surface area contributed by atoms with E-state index >= 15 is 0 Å². The highest BCUT2D eigenvalue weighted by Crippen LogP contribution is 2.62. The summed E-state index contributed by atoms with van der Waals surface area (Å²) in [7, 11) is 0. The maximum absolute atomic E-state index is 14.8. The quantitative estimate of drug-likeness (QED) is 0.294. The zero-order chi connectivity index (χ0) is 27.5. The molecule has 2 saturated carbocycles. The molecule has 1 aromatic heterocycles. The molecule has 206 valence electrons. The number of ether oxygens (including phenoxy) is 2. The summed E-state index contributed by atoms with van der Waals surface area (Å²) in [5.74, 6) is -0.461. The summed E-state index contributed by atoms with van der Waals surface area (Å²) in [6.07, 6.45) is 1.96. The molecule has 0 aliphatic heterocycles. The predicted molar refractivity (Wildman–Crippen MR) is 137 cm³/mol. The molecule has 0 radical (unpaired) electrons. The Labute approximate surface area is 228 Å². The number of nitrogens with zero attached hydrogens (tertiary/aromatic N) is 1. The largest absolute Gasteiger partial charge is 0.493 e. The standard InChI is InChI=1S/C29H28ClF2NO6/c30-22-6-17(38-11-14-8-29(37,9-14)13-34)1-2-18(22)19-4-16(23(31)7-24(19)32)12-39-25-5-15-3-20-26(21(15)10-33-25)27(20)28(35)36/h1-2,4-7,10,14,20,26-28,34-37H,3,8-9,11-13H2/t14-,20-,26-,27+,29-/m1/s1. The van der Waals surface area contributed by atoms with E-state index in [-0.39, 0.29) is 53.0 Å². The van der Waals surface area contributed by atoms with Crippen molar-refractivity contribution in [3.05, 3.63) is 75.9 Å². The van der Waals surface area contributed by atoms with Gasteiger partial charge in [0.25, 0.3) is 0 Å². The number of rotatable bonds is 9. The van der Waals surface area contributed by atoms with E-state index in [9.17, 15) is 24.1 Å². The number of fused-ring (bicyclic) bond motifs is 3. The Morgan fingerprint density at radius 1 is 1.05 bits per heavy atom. The molecule has 3 aliphatic carbocycles. The maximum Gasteiger partial charge on any atom is 0.213 e. The molecule has 2 aromatic carbocycles. The van der Waals surface area contributed by atoms with E-state index in [1.807, 2.05) is 0 Å². The highest BCUT2D eigenvalue weighted by atomic mass is 35.5. The zero-order valence-electron chi connectivity index (χ0n) is 20.9. The lowest BCUT2D eigenvalue weighted by Gasteiger charge is -2.42. The summed E-state index contributed by atoms with van der Waals surface area (Å²) in [6.45, 7) is -0.0922. The minimum atomic E-state index is -1.33. The van der Waals surface area contributed by atoms with Gasteiger partial charge < -0.3 is 29.9 Å². The second-order valence-corrected chi connectivity index (χ2v) is 11.3. The molecule has 10 heteroatoms. The van der Waals surface area contributed by atoms with E-state index in [4.69, 9.17) is 26.2 Å². The van der Waals surface area contributed by atoms with Crippen molar-refractivity contribution in [1.29, 1.82) is 0 Å². The van der Waals surface area contributed by atoms with Gasteiger partial charge in [-0.05, 0) is 72.4 Å². The summed E-state index contributed by atoms with van der Waals surface area (Å²) in [6, 6.07) is 8.77. The third-order valence-corrected chi connectivity index (χ3v) is 8.56. The van der Waals surface area contributed by atoms with Crippen LogP contribution in [0.3, 0.4) is 0 Å². The van der Waals surface area contributed by atoms with Gasteiger partial charge >= 0.3 is 0 Å². The number of hydrogen-bond acceptors (Lipinski definition) is 7.